The molecule has 1 aliphatic rings. The Bertz CT molecular complexity index is 511. The van der Waals surface area contributed by atoms with Crippen LogP contribution in [0.3, 0.4) is 0 Å². The predicted octanol–water partition coefficient (Wildman–Crippen LogP) is 0.0177. The first-order chi connectivity index (χ1) is 9.50. The predicted molar refractivity (Wildman–Crippen MR) is 76.5 cm³/mol. The van der Waals surface area contributed by atoms with Crippen LogP contribution in [-0.2, 0) is 4.79 Å². The van der Waals surface area contributed by atoms with Crippen molar-refractivity contribution in [1.29, 1.82) is 0 Å². The van der Waals surface area contributed by atoms with Crippen molar-refractivity contribution >= 4 is 28.4 Å². The van der Waals surface area contributed by atoms with Crippen LogP contribution in [0.25, 0.3) is 0 Å². The zero-order valence-corrected chi connectivity index (χ0v) is 12.4. The van der Waals surface area contributed by atoms with Crippen LogP contribution in [-0.4, -0.2) is 66.0 Å². The number of carboxylic acids is 1. The van der Waals surface area contributed by atoms with Gasteiger partial charge >= 0.3 is 5.97 Å². The molecule has 7 nitrogen and oxygen atoms in total. The fraction of sp³-hybridized carbons (Fsp3) is 0.583. The van der Waals surface area contributed by atoms with Crippen LogP contribution >= 0.6 is 11.5 Å². The molecule has 1 saturated heterocycles. The smallest absolute Gasteiger partial charge is 0.340 e. The second-order valence-electron chi connectivity index (χ2n) is 4.73. The van der Waals surface area contributed by atoms with Gasteiger partial charge in [-0.05, 0) is 18.5 Å². The molecule has 2 heterocycles. The molecule has 2 N–H and O–H groups in total. The van der Waals surface area contributed by atoms with Crippen molar-refractivity contribution < 1.29 is 14.7 Å². The van der Waals surface area contributed by atoms with Gasteiger partial charge < -0.3 is 15.3 Å². The Morgan fingerprint density at radius 2 is 2.10 bits per heavy atom. The second-order valence-corrected chi connectivity index (χ2v) is 5.48. The maximum absolute atomic E-state index is 12.2. The summed E-state index contributed by atoms with van der Waals surface area (Å²) in [7, 11) is 1.60. The van der Waals surface area contributed by atoms with Crippen LogP contribution < -0.4 is 10.2 Å². The highest BCUT2D eigenvalue weighted by atomic mass is 32.1. The molecule has 110 valence electrons. The number of aromatic carboxylic acids is 1. The van der Waals surface area contributed by atoms with E-state index in [4.69, 9.17) is 0 Å². The number of carbonyl (C=O) groups excluding carboxylic acids is 1. The molecule has 1 amide bonds. The van der Waals surface area contributed by atoms with Crippen molar-refractivity contribution in [1.82, 2.24) is 14.6 Å². The molecule has 0 aromatic carbocycles. The molecule has 20 heavy (non-hydrogen) atoms. The topological polar surface area (TPSA) is 85.8 Å². The molecule has 0 atom stereocenters. The van der Waals surface area contributed by atoms with Gasteiger partial charge in [-0.25, -0.2) is 4.79 Å². The van der Waals surface area contributed by atoms with E-state index in [1.54, 1.807) is 14.0 Å². The van der Waals surface area contributed by atoms with E-state index in [2.05, 4.69) is 14.6 Å². The summed E-state index contributed by atoms with van der Waals surface area (Å²) < 4.78 is 4.03. The van der Waals surface area contributed by atoms with Gasteiger partial charge in [0, 0.05) is 33.2 Å². The summed E-state index contributed by atoms with van der Waals surface area (Å²) in [4.78, 5) is 26.9. The number of nitrogens with one attached hydrogen (secondary N) is 1. The maximum atomic E-state index is 12.2. The third kappa shape index (κ3) is 3.14. The Morgan fingerprint density at radius 1 is 1.45 bits per heavy atom. The van der Waals surface area contributed by atoms with Gasteiger partial charge in [-0.1, -0.05) is 0 Å². The van der Waals surface area contributed by atoms with Crippen LogP contribution in [0.15, 0.2) is 0 Å². The lowest BCUT2D eigenvalue weighted by Gasteiger charge is -2.28. The quantitative estimate of drug-likeness (QED) is 0.815. The largest absolute Gasteiger partial charge is 0.478 e. The number of hydrogen-bond donors (Lipinski definition) is 2. The fourth-order valence-corrected chi connectivity index (χ4v) is 2.98. The summed E-state index contributed by atoms with van der Waals surface area (Å²) in [6, 6.07) is 0. The van der Waals surface area contributed by atoms with Crippen LogP contribution in [0.5, 0.6) is 0 Å². The first kappa shape index (κ1) is 14.9. The number of aromatic nitrogens is 1. The minimum absolute atomic E-state index is 0.113. The van der Waals surface area contributed by atoms with E-state index in [0.29, 0.717) is 17.2 Å². The molecule has 1 fully saturated rings. The summed E-state index contributed by atoms with van der Waals surface area (Å²) in [5.74, 6) is -1.16. The summed E-state index contributed by atoms with van der Waals surface area (Å²) in [5.41, 5.74) is 0.561. The Labute approximate surface area is 121 Å². The van der Waals surface area contributed by atoms with Gasteiger partial charge in [0.1, 0.15) is 10.6 Å². The van der Waals surface area contributed by atoms with E-state index < -0.39 is 5.97 Å². The second kappa shape index (κ2) is 6.29. The third-order valence-corrected chi connectivity index (χ3v) is 4.32. The van der Waals surface area contributed by atoms with Gasteiger partial charge in [-0.3, -0.25) is 9.69 Å². The number of amides is 1. The lowest BCUT2D eigenvalue weighted by atomic mass is 10.2. The molecular weight excluding hydrogens is 280 g/mol. The Morgan fingerprint density at radius 3 is 2.70 bits per heavy atom. The van der Waals surface area contributed by atoms with Gasteiger partial charge in [0.25, 0.3) is 0 Å². The molecule has 0 saturated carbocycles. The Kier molecular flexibility index (Phi) is 4.69. The first-order valence-corrected chi connectivity index (χ1v) is 7.17. The van der Waals surface area contributed by atoms with Crippen molar-refractivity contribution in [3.63, 3.8) is 0 Å². The minimum Gasteiger partial charge on any atom is -0.478 e. The van der Waals surface area contributed by atoms with E-state index in [0.717, 1.165) is 37.7 Å². The van der Waals surface area contributed by atoms with Gasteiger partial charge in [-0.15, -0.1) is 0 Å². The molecule has 0 spiro atoms. The standard InChI is InChI=1S/C12H18N4O3S/c1-8-10(12(18)19)11(20-14-8)15(2)9(17)7-16-5-3-13-4-6-16/h13H,3-7H2,1-2H3,(H,18,19). The molecule has 1 aromatic rings. The number of carbonyl (C=O) groups is 2. The molecule has 8 heteroatoms. The molecule has 0 radical (unpaired) electrons. The van der Waals surface area contributed by atoms with E-state index in [1.807, 2.05) is 0 Å². The third-order valence-electron chi connectivity index (χ3n) is 3.31. The van der Waals surface area contributed by atoms with Gasteiger partial charge in [-0.2, -0.15) is 4.37 Å². The minimum atomic E-state index is -1.05. The molecule has 0 aliphatic carbocycles. The average Bonchev–Trinajstić information content (AvgIpc) is 2.81. The van der Waals surface area contributed by atoms with Crippen LogP contribution in [0.4, 0.5) is 5.00 Å². The number of likely N-dealkylation sites (N-methyl/N-ethyl adjacent to an activating group) is 1. The summed E-state index contributed by atoms with van der Waals surface area (Å²) in [6.07, 6.45) is 0. The molecule has 0 unspecified atom stereocenters. The summed E-state index contributed by atoms with van der Waals surface area (Å²) in [5, 5.41) is 12.8. The number of rotatable bonds is 4. The Hall–Kier alpha value is -1.51. The number of aryl methyl sites for hydroxylation is 1. The van der Waals surface area contributed by atoms with Gasteiger partial charge in [0.05, 0.1) is 12.2 Å². The van der Waals surface area contributed by atoms with Crippen molar-refractivity contribution in [2.45, 2.75) is 6.92 Å². The number of nitrogens with zero attached hydrogens (tertiary/aromatic N) is 3. The number of piperazine rings is 1. The lowest BCUT2D eigenvalue weighted by molar-refractivity contribution is -0.119. The highest BCUT2D eigenvalue weighted by Crippen LogP contribution is 2.27. The summed E-state index contributed by atoms with van der Waals surface area (Å²) >= 11 is 1.05. The SMILES string of the molecule is Cc1nsc(N(C)C(=O)CN2CCNCC2)c1C(=O)O. The van der Waals surface area contributed by atoms with Crippen molar-refractivity contribution in [2.75, 3.05) is 44.7 Å². The number of carboxylic acid groups (broad SMARTS) is 1. The molecule has 0 bridgehead atoms. The van der Waals surface area contributed by atoms with E-state index >= 15 is 0 Å². The molecule has 1 aliphatic heterocycles. The van der Waals surface area contributed by atoms with Crippen molar-refractivity contribution in [2.24, 2.45) is 0 Å². The zero-order valence-electron chi connectivity index (χ0n) is 11.5. The average molecular weight is 298 g/mol. The first-order valence-electron chi connectivity index (χ1n) is 6.40. The van der Waals surface area contributed by atoms with E-state index in [1.165, 1.54) is 4.90 Å². The summed E-state index contributed by atoms with van der Waals surface area (Å²) in [6.45, 7) is 5.33. The normalized spacial score (nSPS) is 16.1. The zero-order chi connectivity index (χ0) is 14.7. The number of hydrogen-bond acceptors (Lipinski definition) is 6. The van der Waals surface area contributed by atoms with Crippen LogP contribution in [0.1, 0.15) is 16.1 Å². The highest BCUT2D eigenvalue weighted by molar-refractivity contribution is 7.11. The van der Waals surface area contributed by atoms with Gasteiger partial charge in [0.2, 0.25) is 5.91 Å². The highest BCUT2D eigenvalue weighted by Gasteiger charge is 2.25. The van der Waals surface area contributed by atoms with E-state index in [9.17, 15) is 14.7 Å². The number of anilines is 1. The Balaban J connectivity index is 2.08. The molecule has 1 aromatic heterocycles. The van der Waals surface area contributed by atoms with Crippen LogP contribution in [0.2, 0.25) is 0 Å². The van der Waals surface area contributed by atoms with E-state index in [-0.39, 0.29) is 11.5 Å². The molecule has 2 rings (SSSR count). The molecular formula is C12H18N4O3S. The monoisotopic (exact) mass is 298 g/mol. The maximum Gasteiger partial charge on any atom is 0.340 e. The fourth-order valence-electron chi connectivity index (χ4n) is 2.11. The van der Waals surface area contributed by atoms with Crippen molar-refractivity contribution in [3.8, 4) is 0 Å². The lowest BCUT2D eigenvalue weighted by Crippen LogP contribution is -2.47. The van der Waals surface area contributed by atoms with Crippen molar-refractivity contribution in [3.05, 3.63) is 11.3 Å². The van der Waals surface area contributed by atoms with Crippen LogP contribution in [0, 0.1) is 6.92 Å². The van der Waals surface area contributed by atoms with Gasteiger partial charge in [0.15, 0.2) is 0 Å².